The number of hydrogen-bond acceptors (Lipinski definition) is 3. The van der Waals surface area contributed by atoms with E-state index in [2.05, 4.69) is 12.2 Å². The molecule has 0 aliphatic heterocycles. The van der Waals surface area contributed by atoms with Crippen molar-refractivity contribution in [3.05, 3.63) is 53.8 Å². The number of ether oxygens (including phenoxy) is 2. The Labute approximate surface area is 124 Å². The first-order valence-corrected chi connectivity index (χ1v) is 6.86. The van der Waals surface area contributed by atoms with E-state index in [9.17, 15) is 4.39 Å². The van der Waals surface area contributed by atoms with Crippen LogP contribution in [0.1, 0.15) is 12.5 Å². The first-order valence-electron chi connectivity index (χ1n) is 6.86. The molecular weight excluding hydrogens is 269 g/mol. The van der Waals surface area contributed by atoms with E-state index >= 15 is 0 Å². The molecule has 0 saturated heterocycles. The summed E-state index contributed by atoms with van der Waals surface area (Å²) in [6.45, 7) is 2.06. The zero-order chi connectivity index (χ0) is 15.2. The minimum atomic E-state index is -0.310. The number of nitrogens with one attached hydrogen (secondary N) is 1. The van der Waals surface area contributed by atoms with Gasteiger partial charge in [-0.25, -0.2) is 4.39 Å². The van der Waals surface area contributed by atoms with Crippen molar-refractivity contribution in [3.8, 4) is 11.5 Å². The third kappa shape index (κ3) is 3.88. The second kappa shape index (κ2) is 6.97. The zero-order valence-electron chi connectivity index (χ0n) is 12.5. The molecule has 1 atom stereocenters. The van der Waals surface area contributed by atoms with Gasteiger partial charge in [0.25, 0.3) is 0 Å². The van der Waals surface area contributed by atoms with E-state index in [-0.39, 0.29) is 11.9 Å². The van der Waals surface area contributed by atoms with Gasteiger partial charge in [-0.1, -0.05) is 18.2 Å². The smallest absolute Gasteiger partial charge is 0.144 e. The van der Waals surface area contributed by atoms with Crippen LogP contribution in [0.25, 0.3) is 0 Å². The van der Waals surface area contributed by atoms with Crippen molar-refractivity contribution < 1.29 is 13.9 Å². The van der Waals surface area contributed by atoms with Gasteiger partial charge >= 0.3 is 0 Å². The Kier molecular flexibility index (Phi) is 5.04. The van der Waals surface area contributed by atoms with Crippen LogP contribution in [0.2, 0.25) is 0 Å². The van der Waals surface area contributed by atoms with Gasteiger partial charge in [-0.15, -0.1) is 0 Å². The maximum atomic E-state index is 13.2. The van der Waals surface area contributed by atoms with Gasteiger partial charge in [0.05, 0.1) is 19.9 Å². The normalized spacial score (nSPS) is 11.8. The Bertz CT molecular complexity index is 601. The highest BCUT2D eigenvalue weighted by Crippen LogP contribution is 2.27. The van der Waals surface area contributed by atoms with Gasteiger partial charge < -0.3 is 14.8 Å². The van der Waals surface area contributed by atoms with Gasteiger partial charge in [0.1, 0.15) is 17.3 Å². The lowest BCUT2D eigenvalue weighted by Gasteiger charge is -2.18. The lowest BCUT2D eigenvalue weighted by atomic mass is 10.1. The second-order valence-electron chi connectivity index (χ2n) is 4.91. The Morgan fingerprint density at radius 2 is 1.76 bits per heavy atom. The molecule has 3 nitrogen and oxygen atoms in total. The average Bonchev–Trinajstić information content (AvgIpc) is 2.49. The quantitative estimate of drug-likeness (QED) is 0.875. The Hall–Kier alpha value is -2.23. The fourth-order valence-corrected chi connectivity index (χ4v) is 2.30. The zero-order valence-corrected chi connectivity index (χ0v) is 12.5. The minimum Gasteiger partial charge on any atom is -0.496 e. The summed E-state index contributed by atoms with van der Waals surface area (Å²) >= 11 is 0. The SMILES string of the molecule is COc1ccccc1CC(C)Nc1ccc(F)cc1OC. The monoisotopic (exact) mass is 289 g/mol. The van der Waals surface area contributed by atoms with Gasteiger partial charge in [0, 0.05) is 12.1 Å². The van der Waals surface area contributed by atoms with Crippen molar-refractivity contribution >= 4 is 5.69 Å². The standard InChI is InChI=1S/C17H20FNO2/c1-12(10-13-6-4-5-7-16(13)20-2)19-15-9-8-14(18)11-17(15)21-3/h4-9,11-12,19H,10H2,1-3H3. The molecule has 112 valence electrons. The number of benzene rings is 2. The Morgan fingerprint density at radius 1 is 1.05 bits per heavy atom. The van der Waals surface area contributed by atoms with Crippen molar-refractivity contribution in [3.63, 3.8) is 0 Å². The van der Waals surface area contributed by atoms with E-state index in [0.717, 1.165) is 23.4 Å². The van der Waals surface area contributed by atoms with Crippen molar-refractivity contribution in [1.29, 1.82) is 0 Å². The summed E-state index contributed by atoms with van der Waals surface area (Å²) in [6, 6.07) is 12.6. The molecule has 0 radical (unpaired) electrons. The summed E-state index contributed by atoms with van der Waals surface area (Å²) in [5.41, 5.74) is 1.90. The van der Waals surface area contributed by atoms with Crippen LogP contribution in [0.3, 0.4) is 0 Å². The minimum absolute atomic E-state index is 0.153. The molecule has 2 rings (SSSR count). The van der Waals surface area contributed by atoms with Crippen LogP contribution in [0.5, 0.6) is 11.5 Å². The van der Waals surface area contributed by atoms with Crippen molar-refractivity contribution in [1.82, 2.24) is 0 Å². The molecule has 2 aromatic carbocycles. The van der Waals surface area contributed by atoms with Crippen LogP contribution >= 0.6 is 0 Å². The number of anilines is 1. The summed E-state index contributed by atoms with van der Waals surface area (Å²) in [6.07, 6.45) is 0.796. The molecule has 1 unspecified atom stereocenters. The summed E-state index contributed by atoms with van der Waals surface area (Å²) in [7, 11) is 3.20. The number of halogens is 1. The van der Waals surface area contributed by atoms with Gasteiger partial charge in [0.2, 0.25) is 0 Å². The van der Waals surface area contributed by atoms with Crippen molar-refractivity contribution in [2.75, 3.05) is 19.5 Å². The van der Waals surface area contributed by atoms with Crippen LogP contribution in [0.4, 0.5) is 10.1 Å². The maximum Gasteiger partial charge on any atom is 0.144 e. The molecule has 0 aliphatic carbocycles. The van der Waals surface area contributed by atoms with E-state index < -0.39 is 0 Å². The Morgan fingerprint density at radius 3 is 2.48 bits per heavy atom. The highest BCUT2D eigenvalue weighted by Gasteiger charge is 2.11. The molecule has 0 bridgehead atoms. The molecule has 0 aromatic heterocycles. The van der Waals surface area contributed by atoms with E-state index in [0.29, 0.717) is 5.75 Å². The van der Waals surface area contributed by atoms with Gasteiger partial charge in [0.15, 0.2) is 0 Å². The molecule has 0 spiro atoms. The van der Waals surface area contributed by atoms with E-state index in [1.54, 1.807) is 13.2 Å². The van der Waals surface area contributed by atoms with E-state index in [1.807, 2.05) is 24.3 Å². The summed E-state index contributed by atoms with van der Waals surface area (Å²) in [4.78, 5) is 0. The first-order chi connectivity index (χ1) is 10.1. The molecule has 0 saturated carbocycles. The van der Waals surface area contributed by atoms with Crippen molar-refractivity contribution in [2.45, 2.75) is 19.4 Å². The molecule has 1 N–H and O–H groups in total. The summed E-state index contributed by atoms with van der Waals surface area (Å²) in [5.74, 6) is 1.06. The molecule has 4 heteroatoms. The highest BCUT2D eigenvalue weighted by molar-refractivity contribution is 5.57. The maximum absolute atomic E-state index is 13.2. The van der Waals surface area contributed by atoms with Crippen LogP contribution in [0, 0.1) is 5.82 Å². The first kappa shape index (κ1) is 15.2. The van der Waals surface area contributed by atoms with Crippen LogP contribution in [-0.4, -0.2) is 20.3 Å². The van der Waals surface area contributed by atoms with Gasteiger partial charge in [-0.05, 0) is 37.1 Å². The third-order valence-corrected chi connectivity index (χ3v) is 3.28. The summed E-state index contributed by atoms with van der Waals surface area (Å²) in [5, 5.41) is 3.34. The van der Waals surface area contributed by atoms with Crippen LogP contribution < -0.4 is 14.8 Å². The molecule has 21 heavy (non-hydrogen) atoms. The number of hydrogen-bond donors (Lipinski definition) is 1. The fraction of sp³-hybridized carbons (Fsp3) is 0.294. The number of rotatable bonds is 6. The molecule has 0 amide bonds. The van der Waals surface area contributed by atoms with E-state index in [4.69, 9.17) is 9.47 Å². The topological polar surface area (TPSA) is 30.5 Å². The average molecular weight is 289 g/mol. The number of para-hydroxylation sites is 1. The predicted molar refractivity (Wildman–Crippen MR) is 82.7 cm³/mol. The van der Waals surface area contributed by atoms with E-state index in [1.165, 1.54) is 19.2 Å². The molecular formula is C17H20FNO2. The number of methoxy groups -OCH3 is 2. The van der Waals surface area contributed by atoms with Crippen molar-refractivity contribution in [2.24, 2.45) is 0 Å². The molecule has 0 aliphatic rings. The predicted octanol–water partition coefficient (Wildman–Crippen LogP) is 3.89. The van der Waals surface area contributed by atoms with Crippen LogP contribution in [-0.2, 0) is 6.42 Å². The molecule has 2 aromatic rings. The fourth-order valence-electron chi connectivity index (χ4n) is 2.30. The molecule has 0 fully saturated rings. The lowest BCUT2D eigenvalue weighted by molar-refractivity contribution is 0.408. The summed E-state index contributed by atoms with van der Waals surface area (Å²) < 4.78 is 23.7. The lowest BCUT2D eigenvalue weighted by Crippen LogP contribution is -2.19. The van der Waals surface area contributed by atoms with Gasteiger partial charge in [-0.2, -0.15) is 0 Å². The van der Waals surface area contributed by atoms with Gasteiger partial charge in [-0.3, -0.25) is 0 Å². The van der Waals surface area contributed by atoms with Crippen LogP contribution in [0.15, 0.2) is 42.5 Å². The largest absolute Gasteiger partial charge is 0.496 e. The Balaban J connectivity index is 2.10. The molecule has 0 heterocycles. The highest BCUT2D eigenvalue weighted by atomic mass is 19.1. The third-order valence-electron chi connectivity index (χ3n) is 3.28. The second-order valence-corrected chi connectivity index (χ2v) is 4.91.